The average molecular weight is 256 g/mol. The molecule has 0 spiro atoms. The van der Waals surface area contributed by atoms with E-state index in [0.29, 0.717) is 11.8 Å². The summed E-state index contributed by atoms with van der Waals surface area (Å²) in [5.74, 6) is 1.06. The number of aryl methyl sites for hydroxylation is 1. The SMILES string of the molecule is CCn1ncc(Cl)c1C1CCCCCC1CN. The van der Waals surface area contributed by atoms with Gasteiger partial charge >= 0.3 is 0 Å². The number of nitrogens with two attached hydrogens (primary N) is 1. The first-order valence-electron chi connectivity index (χ1n) is 6.69. The second-order valence-electron chi connectivity index (χ2n) is 4.93. The van der Waals surface area contributed by atoms with E-state index in [9.17, 15) is 0 Å². The van der Waals surface area contributed by atoms with Crippen LogP contribution in [0.5, 0.6) is 0 Å². The van der Waals surface area contributed by atoms with Gasteiger partial charge in [-0.2, -0.15) is 5.10 Å². The molecule has 3 nitrogen and oxygen atoms in total. The van der Waals surface area contributed by atoms with E-state index in [1.807, 2.05) is 4.68 Å². The molecular weight excluding hydrogens is 234 g/mol. The highest BCUT2D eigenvalue weighted by atomic mass is 35.5. The number of aromatic nitrogens is 2. The van der Waals surface area contributed by atoms with Crippen molar-refractivity contribution in [1.82, 2.24) is 9.78 Å². The Balaban J connectivity index is 2.30. The maximum absolute atomic E-state index is 6.31. The van der Waals surface area contributed by atoms with E-state index in [2.05, 4.69) is 12.0 Å². The molecule has 2 N–H and O–H groups in total. The van der Waals surface area contributed by atoms with Crippen molar-refractivity contribution in [3.63, 3.8) is 0 Å². The fraction of sp³-hybridized carbons (Fsp3) is 0.769. The van der Waals surface area contributed by atoms with Crippen molar-refractivity contribution in [2.75, 3.05) is 6.54 Å². The van der Waals surface area contributed by atoms with Crippen LogP contribution in [0.2, 0.25) is 5.02 Å². The summed E-state index contributed by atoms with van der Waals surface area (Å²) >= 11 is 6.31. The topological polar surface area (TPSA) is 43.8 Å². The predicted octanol–water partition coefficient (Wildman–Crippen LogP) is 3.18. The molecule has 4 heteroatoms. The first-order valence-corrected chi connectivity index (χ1v) is 7.07. The van der Waals surface area contributed by atoms with Gasteiger partial charge in [0.25, 0.3) is 0 Å². The Bertz CT molecular complexity index is 362. The summed E-state index contributed by atoms with van der Waals surface area (Å²) in [7, 11) is 0. The largest absolute Gasteiger partial charge is 0.330 e. The summed E-state index contributed by atoms with van der Waals surface area (Å²) in [4.78, 5) is 0. The molecule has 0 saturated heterocycles. The van der Waals surface area contributed by atoms with Crippen LogP contribution in [0.1, 0.15) is 50.6 Å². The molecule has 96 valence electrons. The highest BCUT2D eigenvalue weighted by Gasteiger charge is 2.28. The molecule has 1 heterocycles. The molecule has 0 amide bonds. The van der Waals surface area contributed by atoms with Gasteiger partial charge in [0, 0.05) is 12.5 Å². The first-order chi connectivity index (χ1) is 8.27. The highest BCUT2D eigenvalue weighted by Crippen LogP contribution is 2.38. The molecule has 0 aromatic carbocycles. The van der Waals surface area contributed by atoms with Gasteiger partial charge in [0.2, 0.25) is 0 Å². The monoisotopic (exact) mass is 255 g/mol. The van der Waals surface area contributed by atoms with Gasteiger partial charge in [-0.15, -0.1) is 0 Å². The first kappa shape index (κ1) is 12.9. The lowest BCUT2D eigenvalue weighted by Gasteiger charge is -2.25. The lowest BCUT2D eigenvalue weighted by molar-refractivity contribution is 0.385. The smallest absolute Gasteiger partial charge is 0.0820 e. The fourth-order valence-electron chi connectivity index (χ4n) is 3.02. The van der Waals surface area contributed by atoms with Crippen LogP contribution in [0, 0.1) is 5.92 Å². The van der Waals surface area contributed by atoms with Crippen molar-refractivity contribution < 1.29 is 0 Å². The van der Waals surface area contributed by atoms with Gasteiger partial charge in [-0.05, 0) is 32.2 Å². The van der Waals surface area contributed by atoms with Gasteiger partial charge in [-0.25, -0.2) is 0 Å². The number of rotatable bonds is 3. The van der Waals surface area contributed by atoms with Crippen molar-refractivity contribution >= 4 is 11.6 Å². The summed E-state index contributed by atoms with van der Waals surface area (Å²) in [6, 6.07) is 0. The lowest BCUT2D eigenvalue weighted by atomic mass is 9.85. The minimum atomic E-state index is 0.498. The Morgan fingerprint density at radius 1 is 1.41 bits per heavy atom. The minimum Gasteiger partial charge on any atom is -0.330 e. The molecular formula is C13H22ClN3. The molecule has 1 aliphatic carbocycles. The zero-order chi connectivity index (χ0) is 12.3. The molecule has 1 aromatic rings. The number of halogens is 1. The van der Waals surface area contributed by atoms with Gasteiger partial charge in [0.05, 0.1) is 16.9 Å². The zero-order valence-corrected chi connectivity index (χ0v) is 11.3. The van der Waals surface area contributed by atoms with Crippen molar-refractivity contribution in [2.45, 2.75) is 51.5 Å². The van der Waals surface area contributed by atoms with Gasteiger partial charge in [-0.1, -0.05) is 30.9 Å². The van der Waals surface area contributed by atoms with E-state index in [1.165, 1.54) is 37.8 Å². The van der Waals surface area contributed by atoms with E-state index in [-0.39, 0.29) is 0 Å². The Labute approximate surface area is 108 Å². The van der Waals surface area contributed by atoms with E-state index in [1.54, 1.807) is 6.20 Å². The second kappa shape index (κ2) is 5.87. The molecule has 2 rings (SSSR count). The molecule has 1 aliphatic rings. The normalized spacial score (nSPS) is 25.8. The van der Waals surface area contributed by atoms with Crippen LogP contribution >= 0.6 is 11.6 Å². The lowest BCUT2D eigenvalue weighted by Crippen LogP contribution is -2.23. The standard InChI is InChI=1S/C13H22ClN3/c1-2-17-13(12(14)9-16-17)11-7-5-3-4-6-10(11)8-15/h9-11H,2-8,15H2,1H3. The van der Waals surface area contributed by atoms with Crippen LogP contribution in [0.3, 0.4) is 0 Å². The van der Waals surface area contributed by atoms with Gasteiger partial charge < -0.3 is 5.73 Å². The summed E-state index contributed by atoms with van der Waals surface area (Å²) in [6.07, 6.45) is 8.12. The fourth-order valence-corrected chi connectivity index (χ4v) is 3.30. The van der Waals surface area contributed by atoms with Crippen LogP contribution in [-0.4, -0.2) is 16.3 Å². The molecule has 17 heavy (non-hydrogen) atoms. The summed E-state index contributed by atoms with van der Waals surface area (Å²) in [5, 5.41) is 5.17. The Kier molecular flexibility index (Phi) is 4.46. The summed E-state index contributed by atoms with van der Waals surface area (Å²) < 4.78 is 2.04. The van der Waals surface area contributed by atoms with Crippen LogP contribution in [0.15, 0.2) is 6.20 Å². The highest BCUT2D eigenvalue weighted by molar-refractivity contribution is 6.31. The molecule has 1 fully saturated rings. The summed E-state index contributed by atoms with van der Waals surface area (Å²) in [5.41, 5.74) is 7.15. The van der Waals surface area contributed by atoms with Gasteiger partial charge in [-0.3, -0.25) is 4.68 Å². The van der Waals surface area contributed by atoms with Gasteiger partial charge in [0.1, 0.15) is 0 Å². The Morgan fingerprint density at radius 3 is 2.88 bits per heavy atom. The maximum Gasteiger partial charge on any atom is 0.0820 e. The molecule has 0 bridgehead atoms. The second-order valence-corrected chi connectivity index (χ2v) is 5.34. The minimum absolute atomic E-state index is 0.498. The van der Waals surface area contributed by atoms with Crippen molar-refractivity contribution in [1.29, 1.82) is 0 Å². The van der Waals surface area contributed by atoms with Crippen LogP contribution in [0.4, 0.5) is 0 Å². The van der Waals surface area contributed by atoms with Crippen molar-refractivity contribution in [3.8, 4) is 0 Å². The number of nitrogens with zero attached hydrogens (tertiary/aromatic N) is 2. The molecule has 1 aromatic heterocycles. The molecule has 2 unspecified atom stereocenters. The summed E-state index contributed by atoms with van der Waals surface area (Å²) in [6.45, 7) is 3.76. The quantitative estimate of drug-likeness (QED) is 0.843. The van der Waals surface area contributed by atoms with Crippen molar-refractivity contribution in [3.05, 3.63) is 16.9 Å². The molecule has 0 radical (unpaired) electrons. The predicted molar refractivity (Wildman–Crippen MR) is 71.3 cm³/mol. The van der Waals surface area contributed by atoms with Crippen LogP contribution in [-0.2, 0) is 6.54 Å². The van der Waals surface area contributed by atoms with Crippen molar-refractivity contribution in [2.24, 2.45) is 11.7 Å². The Hall–Kier alpha value is -0.540. The van der Waals surface area contributed by atoms with E-state index in [0.717, 1.165) is 18.1 Å². The third-order valence-corrected chi connectivity index (χ3v) is 4.24. The third kappa shape index (κ3) is 2.66. The molecule has 0 aliphatic heterocycles. The van der Waals surface area contributed by atoms with Crippen LogP contribution in [0.25, 0.3) is 0 Å². The van der Waals surface area contributed by atoms with E-state index < -0.39 is 0 Å². The average Bonchev–Trinajstić information content (AvgIpc) is 2.58. The maximum atomic E-state index is 6.31. The third-order valence-electron chi connectivity index (χ3n) is 3.95. The zero-order valence-electron chi connectivity index (χ0n) is 10.5. The molecule has 2 atom stereocenters. The molecule has 1 saturated carbocycles. The Morgan fingerprint density at radius 2 is 2.18 bits per heavy atom. The van der Waals surface area contributed by atoms with E-state index in [4.69, 9.17) is 17.3 Å². The van der Waals surface area contributed by atoms with E-state index >= 15 is 0 Å². The van der Waals surface area contributed by atoms with Crippen LogP contribution < -0.4 is 5.73 Å². The van der Waals surface area contributed by atoms with Gasteiger partial charge in [0.15, 0.2) is 0 Å². The number of hydrogen-bond acceptors (Lipinski definition) is 2. The number of hydrogen-bond donors (Lipinski definition) is 1.